The number of nitrogens with one attached hydrogen (secondary N) is 3. The number of halogens is 3. The van der Waals surface area contributed by atoms with Gasteiger partial charge in [-0.2, -0.15) is 0 Å². The molecule has 4 N–H and O–H groups in total. The fourth-order valence-corrected chi connectivity index (χ4v) is 4.64. The second-order valence-electron chi connectivity index (χ2n) is 9.46. The van der Waals surface area contributed by atoms with Crippen molar-refractivity contribution >= 4 is 17.7 Å². The van der Waals surface area contributed by atoms with Crippen LogP contribution in [0.25, 0.3) is 0 Å². The van der Waals surface area contributed by atoms with E-state index in [4.69, 9.17) is 9.84 Å². The van der Waals surface area contributed by atoms with E-state index in [0.29, 0.717) is 48.4 Å². The largest absolute Gasteiger partial charge is 0.465 e. The average Bonchev–Trinajstić information content (AvgIpc) is 2.92. The monoisotopic (exact) mass is 541 g/mol. The fraction of sp³-hybridized carbons (Fsp3) is 0.310. The minimum atomic E-state index is -1.10. The third kappa shape index (κ3) is 8.05. The number of carboxylic acid groups (broad SMARTS) is 1. The molecule has 0 bridgehead atoms. The molecule has 0 radical (unpaired) electrons. The maximum Gasteiger partial charge on any atom is 0.404 e. The van der Waals surface area contributed by atoms with Gasteiger partial charge in [0.1, 0.15) is 17.5 Å². The Morgan fingerprint density at radius 2 is 1.62 bits per heavy atom. The molecule has 1 aliphatic heterocycles. The molecule has 3 aromatic rings. The standard InChI is InChI=1S/C29H30F3N3O4/c30-20-8-4-18(5-9-20)25(19-6-10-21(31)11-7-19)14-28(36)35-27-3-1-2-26(32)24(27)13-12-23-16-33-22(17-39-23)15-34-29(37)38/h1-11,22-23,25,33-34H,12-17H2,(H,35,36)(H,37,38)/t22-,23-/m1/s1. The van der Waals surface area contributed by atoms with Gasteiger partial charge in [-0.25, -0.2) is 18.0 Å². The van der Waals surface area contributed by atoms with Crippen molar-refractivity contribution in [2.45, 2.75) is 37.3 Å². The number of benzene rings is 3. The van der Waals surface area contributed by atoms with E-state index in [2.05, 4.69) is 16.0 Å². The predicted molar refractivity (Wildman–Crippen MR) is 140 cm³/mol. The molecule has 0 saturated carbocycles. The molecule has 1 heterocycles. The van der Waals surface area contributed by atoms with E-state index in [1.54, 1.807) is 30.3 Å². The molecule has 1 saturated heterocycles. The van der Waals surface area contributed by atoms with E-state index in [9.17, 15) is 22.8 Å². The molecule has 10 heteroatoms. The predicted octanol–water partition coefficient (Wildman–Crippen LogP) is 4.82. The Morgan fingerprint density at radius 3 is 2.18 bits per heavy atom. The van der Waals surface area contributed by atoms with Gasteiger partial charge in [-0.3, -0.25) is 4.79 Å². The van der Waals surface area contributed by atoms with Crippen molar-refractivity contribution in [2.75, 3.05) is 25.0 Å². The first-order chi connectivity index (χ1) is 18.8. The van der Waals surface area contributed by atoms with Crippen LogP contribution < -0.4 is 16.0 Å². The summed E-state index contributed by atoms with van der Waals surface area (Å²) in [7, 11) is 0. The number of anilines is 1. The summed E-state index contributed by atoms with van der Waals surface area (Å²) in [6.07, 6.45) is -0.519. The zero-order valence-electron chi connectivity index (χ0n) is 21.1. The zero-order chi connectivity index (χ0) is 27.8. The molecule has 0 aromatic heterocycles. The van der Waals surface area contributed by atoms with Crippen molar-refractivity contribution in [3.8, 4) is 0 Å². The average molecular weight is 542 g/mol. The van der Waals surface area contributed by atoms with Crippen LogP contribution in [0.2, 0.25) is 0 Å². The summed E-state index contributed by atoms with van der Waals surface area (Å²) in [6.45, 7) is 1.03. The van der Waals surface area contributed by atoms with Crippen molar-refractivity contribution in [3.63, 3.8) is 0 Å². The molecule has 0 unspecified atom stereocenters. The van der Waals surface area contributed by atoms with Gasteiger partial charge in [0.05, 0.1) is 12.7 Å². The highest BCUT2D eigenvalue weighted by molar-refractivity contribution is 5.92. The fourth-order valence-electron chi connectivity index (χ4n) is 4.64. The molecule has 3 aromatic carbocycles. The lowest BCUT2D eigenvalue weighted by Crippen LogP contribution is -2.51. The van der Waals surface area contributed by atoms with Crippen molar-refractivity contribution < 1.29 is 32.6 Å². The molecule has 0 spiro atoms. The Labute approximate surface area is 224 Å². The summed E-state index contributed by atoms with van der Waals surface area (Å²) >= 11 is 0. The topological polar surface area (TPSA) is 99.7 Å². The van der Waals surface area contributed by atoms with Gasteiger partial charge in [-0.1, -0.05) is 30.3 Å². The Morgan fingerprint density at radius 1 is 0.974 bits per heavy atom. The molecule has 4 rings (SSSR count). The minimum absolute atomic E-state index is 0.0192. The number of morpholine rings is 1. The first-order valence-electron chi connectivity index (χ1n) is 12.7. The summed E-state index contributed by atoms with van der Waals surface area (Å²) in [5.74, 6) is -2.10. The Hall–Kier alpha value is -3.89. The summed E-state index contributed by atoms with van der Waals surface area (Å²) < 4.78 is 47.7. The molecule has 1 fully saturated rings. The molecule has 1 aliphatic rings. The van der Waals surface area contributed by atoms with Gasteiger partial charge in [-0.15, -0.1) is 0 Å². The van der Waals surface area contributed by atoms with Gasteiger partial charge in [0.15, 0.2) is 0 Å². The summed E-state index contributed by atoms with van der Waals surface area (Å²) in [5, 5.41) is 17.1. The lowest BCUT2D eigenvalue weighted by Gasteiger charge is -2.30. The number of carbonyl (C=O) groups is 2. The van der Waals surface area contributed by atoms with Crippen LogP contribution in [-0.2, 0) is 16.0 Å². The van der Waals surface area contributed by atoms with Crippen LogP contribution in [0, 0.1) is 17.5 Å². The maximum atomic E-state index is 14.8. The highest BCUT2D eigenvalue weighted by atomic mass is 19.1. The number of ether oxygens (including phenoxy) is 1. The number of hydrogen-bond acceptors (Lipinski definition) is 4. The molecule has 2 atom stereocenters. The van der Waals surface area contributed by atoms with E-state index >= 15 is 0 Å². The Bertz CT molecular complexity index is 1220. The van der Waals surface area contributed by atoms with Crippen LogP contribution in [0.3, 0.4) is 0 Å². The van der Waals surface area contributed by atoms with Gasteiger partial charge >= 0.3 is 6.09 Å². The lowest BCUT2D eigenvalue weighted by molar-refractivity contribution is -0.116. The number of rotatable bonds is 10. The molecule has 7 nitrogen and oxygen atoms in total. The van der Waals surface area contributed by atoms with Crippen LogP contribution in [0.5, 0.6) is 0 Å². The highest BCUT2D eigenvalue weighted by Crippen LogP contribution is 2.30. The van der Waals surface area contributed by atoms with E-state index in [1.807, 2.05) is 0 Å². The van der Waals surface area contributed by atoms with Crippen molar-refractivity contribution in [1.29, 1.82) is 0 Å². The van der Waals surface area contributed by atoms with Gasteiger partial charge in [0.2, 0.25) is 5.91 Å². The van der Waals surface area contributed by atoms with Gasteiger partial charge < -0.3 is 25.8 Å². The number of amides is 2. The zero-order valence-corrected chi connectivity index (χ0v) is 21.1. The van der Waals surface area contributed by atoms with Crippen LogP contribution >= 0.6 is 0 Å². The van der Waals surface area contributed by atoms with E-state index in [0.717, 1.165) is 0 Å². The van der Waals surface area contributed by atoms with Gasteiger partial charge in [-0.05, 0) is 60.4 Å². The highest BCUT2D eigenvalue weighted by Gasteiger charge is 2.23. The summed E-state index contributed by atoms with van der Waals surface area (Å²) in [5.41, 5.74) is 2.08. The molecule has 206 valence electrons. The molecule has 2 amide bonds. The van der Waals surface area contributed by atoms with Crippen molar-refractivity contribution in [3.05, 3.63) is 101 Å². The summed E-state index contributed by atoms with van der Waals surface area (Å²) in [6, 6.07) is 15.9. The maximum absolute atomic E-state index is 14.8. The van der Waals surface area contributed by atoms with E-state index in [-0.39, 0.29) is 31.0 Å². The second kappa shape index (κ2) is 13.3. The van der Waals surface area contributed by atoms with E-state index < -0.39 is 29.5 Å². The van der Waals surface area contributed by atoms with Crippen molar-refractivity contribution in [1.82, 2.24) is 10.6 Å². The van der Waals surface area contributed by atoms with E-state index in [1.165, 1.54) is 36.4 Å². The third-order valence-electron chi connectivity index (χ3n) is 6.71. The lowest BCUT2D eigenvalue weighted by atomic mass is 9.88. The quantitative estimate of drug-likeness (QED) is 0.295. The third-order valence-corrected chi connectivity index (χ3v) is 6.71. The van der Waals surface area contributed by atoms with Gasteiger partial charge in [0.25, 0.3) is 0 Å². The molecular weight excluding hydrogens is 511 g/mol. The number of hydrogen-bond donors (Lipinski definition) is 4. The first-order valence-corrected chi connectivity index (χ1v) is 12.7. The summed E-state index contributed by atoms with van der Waals surface area (Å²) in [4.78, 5) is 23.8. The molecule has 0 aliphatic carbocycles. The molecular formula is C29H30F3N3O4. The van der Waals surface area contributed by atoms with Crippen LogP contribution in [-0.4, -0.2) is 48.9 Å². The second-order valence-corrected chi connectivity index (χ2v) is 9.46. The van der Waals surface area contributed by atoms with Gasteiger partial charge in [0, 0.05) is 42.7 Å². The normalized spacial score (nSPS) is 17.1. The first kappa shape index (κ1) is 28.1. The Kier molecular flexibility index (Phi) is 9.56. The minimum Gasteiger partial charge on any atom is -0.465 e. The van der Waals surface area contributed by atoms with Crippen LogP contribution in [0.1, 0.15) is 35.4 Å². The SMILES string of the molecule is O=C(O)NC[C@@H]1CO[C@H](CCc2c(F)cccc2NC(=O)CC(c2ccc(F)cc2)c2ccc(F)cc2)CN1. The Balaban J connectivity index is 1.41. The number of carbonyl (C=O) groups excluding carboxylic acids is 1. The smallest absolute Gasteiger partial charge is 0.404 e. The molecule has 39 heavy (non-hydrogen) atoms. The van der Waals surface area contributed by atoms with Crippen LogP contribution in [0.15, 0.2) is 66.7 Å². The van der Waals surface area contributed by atoms with Crippen LogP contribution in [0.4, 0.5) is 23.7 Å². The van der Waals surface area contributed by atoms with Crippen molar-refractivity contribution in [2.24, 2.45) is 0 Å².